The maximum atomic E-state index is 13.0. The number of thioether (sulfide) groups is 1. The van der Waals surface area contributed by atoms with Gasteiger partial charge in [-0.2, -0.15) is 0 Å². The second-order valence-electron chi connectivity index (χ2n) is 4.08. The van der Waals surface area contributed by atoms with E-state index < -0.39 is 11.6 Å². The van der Waals surface area contributed by atoms with Crippen molar-refractivity contribution in [2.45, 2.75) is 24.7 Å². The summed E-state index contributed by atoms with van der Waals surface area (Å²) in [6.45, 7) is 2.26. The molecule has 0 radical (unpaired) electrons. The van der Waals surface area contributed by atoms with E-state index in [1.165, 1.54) is 17.8 Å². The van der Waals surface area contributed by atoms with Crippen LogP contribution >= 0.6 is 11.8 Å². The second-order valence-corrected chi connectivity index (χ2v) is 5.25. The van der Waals surface area contributed by atoms with Crippen LogP contribution in [0.15, 0.2) is 23.1 Å². The molecule has 0 aliphatic rings. The Labute approximate surface area is 126 Å². The summed E-state index contributed by atoms with van der Waals surface area (Å²) in [7, 11) is 0. The fourth-order valence-electron chi connectivity index (χ4n) is 1.45. The van der Waals surface area contributed by atoms with Gasteiger partial charge >= 0.3 is 5.97 Å². The van der Waals surface area contributed by atoms with E-state index in [0.29, 0.717) is 17.3 Å². The Morgan fingerprint density at radius 1 is 1.24 bits per heavy atom. The van der Waals surface area contributed by atoms with Crippen LogP contribution in [0.1, 0.15) is 19.8 Å². The highest BCUT2D eigenvalue weighted by molar-refractivity contribution is 7.99. The Hall–Kier alpha value is -1.63. The van der Waals surface area contributed by atoms with Gasteiger partial charge in [-0.15, -0.1) is 11.8 Å². The summed E-state index contributed by atoms with van der Waals surface area (Å²) in [4.78, 5) is 23.1. The number of esters is 1. The number of hydrogen-bond donors (Lipinski definition) is 1. The van der Waals surface area contributed by atoms with E-state index in [1.807, 2.05) is 0 Å². The normalized spacial score (nSPS) is 10.2. The van der Waals surface area contributed by atoms with Gasteiger partial charge in [-0.05, 0) is 25.1 Å². The highest BCUT2D eigenvalue weighted by Crippen LogP contribution is 2.20. The molecule has 1 aromatic carbocycles. The van der Waals surface area contributed by atoms with Crippen LogP contribution in [0.5, 0.6) is 0 Å². The highest BCUT2D eigenvalue weighted by Gasteiger charge is 2.06. The summed E-state index contributed by atoms with van der Waals surface area (Å²) in [5, 5.41) is 2.59. The Morgan fingerprint density at radius 2 is 2.00 bits per heavy atom. The molecule has 0 aromatic heterocycles. The minimum atomic E-state index is -0.904. The second kappa shape index (κ2) is 9.33. The number of nitrogens with one attached hydrogen (secondary N) is 1. The fourth-order valence-corrected chi connectivity index (χ4v) is 2.33. The molecule has 1 aromatic rings. The first-order valence-corrected chi connectivity index (χ1v) is 7.51. The molecular formula is C14H17F2NO3S. The molecule has 0 aliphatic heterocycles. The zero-order chi connectivity index (χ0) is 15.7. The smallest absolute Gasteiger partial charge is 0.307 e. The van der Waals surface area contributed by atoms with Crippen molar-refractivity contribution in [3.05, 3.63) is 29.8 Å². The summed E-state index contributed by atoms with van der Waals surface area (Å²) in [5.74, 6) is -1.91. The monoisotopic (exact) mass is 317 g/mol. The predicted octanol–water partition coefficient (Wildman–Crippen LogP) is 2.52. The molecule has 7 heteroatoms. The van der Waals surface area contributed by atoms with E-state index >= 15 is 0 Å². The van der Waals surface area contributed by atoms with E-state index in [2.05, 4.69) is 5.32 Å². The number of carbonyl (C=O) groups is 2. The van der Waals surface area contributed by atoms with Crippen molar-refractivity contribution in [3.63, 3.8) is 0 Å². The van der Waals surface area contributed by atoms with Crippen LogP contribution in [-0.4, -0.2) is 30.8 Å². The van der Waals surface area contributed by atoms with Crippen molar-refractivity contribution in [1.29, 1.82) is 0 Å². The average molecular weight is 317 g/mol. The van der Waals surface area contributed by atoms with Crippen molar-refractivity contribution in [3.8, 4) is 0 Å². The van der Waals surface area contributed by atoms with Gasteiger partial charge in [0.2, 0.25) is 5.91 Å². The van der Waals surface area contributed by atoms with E-state index in [4.69, 9.17) is 4.74 Å². The highest BCUT2D eigenvalue weighted by atomic mass is 32.2. The number of amides is 1. The Morgan fingerprint density at radius 3 is 2.67 bits per heavy atom. The van der Waals surface area contributed by atoms with Crippen molar-refractivity contribution in [1.82, 2.24) is 5.32 Å². The first-order valence-electron chi connectivity index (χ1n) is 6.53. The number of rotatable bonds is 8. The van der Waals surface area contributed by atoms with Gasteiger partial charge in [0.25, 0.3) is 0 Å². The Bertz CT molecular complexity index is 497. The summed E-state index contributed by atoms with van der Waals surface area (Å²) in [6, 6.07) is 3.61. The Balaban J connectivity index is 2.18. The summed E-state index contributed by atoms with van der Waals surface area (Å²) >= 11 is 1.26. The molecular weight excluding hydrogens is 300 g/mol. The molecule has 0 unspecified atom stereocenters. The third kappa shape index (κ3) is 7.08. The van der Waals surface area contributed by atoms with Gasteiger partial charge in [0, 0.05) is 23.6 Å². The van der Waals surface area contributed by atoms with Gasteiger partial charge < -0.3 is 10.1 Å². The summed E-state index contributed by atoms with van der Waals surface area (Å²) in [6.07, 6.45) is 0.363. The van der Waals surface area contributed by atoms with Gasteiger partial charge in [-0.1, -0.05) is 0 Å². The lowest BCUT2D eigenvalue weighted by Crippen LogP contribution is -2.26. The summed E-state index contributed by atoms with van der Waals surface area (Å²) < 4.78 is 30.4. The van der Waals surface area contributed by atoms with Crippen LogP contribution in [0.4, 0.5) is 8.78 Å². The van der Waals surface area contributed by atoms with Crippen molar-refractivity contribution in [2.75, 3.05) is 18.9 Å². The number of halogens is 2. The molecule has 0 bridgehead atoms. The van der Waals surface area contributed by atoms with Crippen LogP contribution < -0.4 is 5.32 Å². The van der Waals surface area contributed by atoms with Crippen LogP contribution in [0.25, 0.3) is 0 Å². The number of hydrogen-bond acceptors (Lipinski definition) is 4. The number of ether oxygens (including phenoxy) is 1. The van der Waals surface area contributed by atoms with E-state index in [0.717, 1.165) is 12.1 Å². The minimum absolute atomic E-state index is 0.135. The standard InChI is InChI=1S/C14H17F2NO3S/c1-2-20-14(19)5-7-17-13(18)6-8-21-10-3-4-11(15)12(16)9-10/h3-4,9H,2,5-8H2,1H3,(H,17,18). The van der Waals surface area contributed by atoms with Gasteiger partial charge in [0.05, 0.1) is 13.0 Å². The molecule has 0 atom stereocenters. The molecule has 4 nitrogen and oxygen atoms in total. The third-order valence-corrected chi connectivity index (χ3v) is 3.44. The first kappa shape index (κ1) is 17.4. The molecule has 0 aliphatic carbocycles. The molecule has 0 saturated heterocycles. The molecule has 1 amide bonds. The van der Waals surface area contributed by atoms with Gasteiger partial charge in [-0.25, -0.2) is 8.78 Å². The molecule has 1 rings (SSSR count). The number of carbonyl (C=O) groups excluding carboxylic acids is 2. The zero-order valence-corrected chi connectivity index (χ0v) is 12.5. The van der Waals surface area contributed by atoms with Crippen LogP contribution in [-0.2, 0) is 14.3 Å². The van der Waals surface area contributed by atoms with Crippen molar-refractivity contribution >= 4 is 23.6 Å². The van der Waals surface area contributed by atoms with Gasteiger partial charge in [0.1, 0.15) is 0 Å². The van der Waals surface area contributed by atoms with Gasteiger partial charge in [0.15, 0.2) is 11.6 Å². The minimum Gasteiger partial charge on any atom is -0.466 e. The predicted molar refractivity (Wildman–Crippen MR) is 76.0 cm³/mol. The van der Waals surface area contributed by atoms with E-state index in [1.54, 1.807) is 6.92 Å². The average Bonchev–Trinajstić information content (AvgIpc) is 2.43. The molecule has 1 N–H and O–H groups in total. The van der Waals surface area contributed by atoms with Crippen LogP contribution in [0.3, 0.4) is 0 Å². The lowest BCUT2D eigenvalue weighted by molar-refractivity contribution is -0.143. The molecule has 116 valence electrons. The third-order valence-electron chi connectivity index (χ3n) is 2.45. The van der Waals surface area contributed by atoms with E-state index in [-0.39, 0.29) is 31.3 Å². The van der Waals surface area contributed by atoms with E-state index in [9.17, 15) is 18.4 Å². The maximum absolute atomic E-state index is 13.0. The molecule has 0 spiro atoms. The quantitative estimate of drug-likeness (QED) is 0.591. The fraction of sp³-hybridized carbons (Fsp3) is 0.429. The lowest BCUT2D eigenvalue weighted by Gasteiger charge is -2.05. The molecule has 0 heterocycles. The molecule has 21 heavy (non-hydrogen) atoms. The SMILES string of the molecule is CCOC(=O)CCNC(=O)CCSc1ccc(F)c(F)c1. The Kier molecular flexibility index (Phi) is 7.74. The van der Waals surface area contributed by atoms with Crippen LogP contribution in [0.2, 0.25) is 0 Å². The number of benzene rings is 1. The maximum Gasteiger partial charge on any atom is 0.307 e. The lowest BCUT2D eigenvalue weighted by atomic mass is 10.3. The molecule has 0 fully saturated rings. The zero-order valence-electron chi connectivity index (χ0n) is 11.7. The first-order chi connectivity index (χ1) is 10.0. The van der Waals surface area contributed by atoms with Crippen molar-refractivity contribution < 1.29 is 23.1 Å². The topological polar surface area (TPSA) is 55.4 Å². The molecule has 0 saturated carbocycles. The van der Waals surface area contributed by atoms with Crippen LogP contribution in [0, 0.1) is 11.6 Å². The van der Waals surface area contributed by atoms with Crippen molar-refractivity contribution in [2.24, 2.45) is 0 Å². The van der Waals surface area contributed by atoms with Gasteiger partial charge in [-0.3, -0.25) is 9.59 Å². The largest absolute Gasteiger partial charge is 0.466 e. The summed E-state index contributed by atoms with van der Waals surface area (Å²) in [5.41, 5.74) is 0.